The Labute approximate surface area is 218 Å². The van der Waals surface area contributed by atoms with E-state index in [0.717, 1.165) is 25.3 Å². The zero-order chi connectivity index (χ0) is 27.0. The number of aliphatic hydroxyl groups excluding tert-OH is 1. The summed E-state index contributed by atoms with van der Waals surface area (Å²) in [6.45, 7) is 1.45. The molecule has 37 heavy (non-hydrogen) atoms. The predicted octanol–water partition coefficient (Wildman–Crippen LogP) is 3.09. The van der Waals surface area contributed by atoms with Crippen molar-refractivity contribution in [2.24, 2.45) is 5.41 Å². The second-order valence-electron chi connectivity index (χ2n) is 10.0. The third kappa shape index (κ3) is 5.98. The van der Waals surface area contributed by atoms with E-state index < -0.39 is 34.9 Å². The van der Waals surface area contributed by atoms with Gasteiger partial charge in [0.05, 0.1) is 23.8 Å². The van der Waals surface area contributed by atoms with Crippen molar-refractivity contribution >= 4 is 35.1 Å². The first-order chi connectivity index (χ1) is 17.4. The number of alkyl halides is 3. The molecule has 2 heterocycles. The van der Waals surface area contributed by atoms with Crippen LogP contribution in [-0.2, 0) is 25.3 Å². The maximum Gasteiger partial charge on any atom is 0.417 e. The lowest BCUT2D eigenvalue weighted by Gasteiger charge is -2.37. The van der Waals surface area contributed by atoms with Crippen LogP contribution in [0.15, 0.2) is 18.2 Å². The molecule has 1 aliphatic carbocycles. The zero-order valence-corrected chi connectivity index (χ0v) is 21.4. The minimum Gasteiger partial charge on any atom is -0.467 e. The maximum atomic E-state index is 13.1. The SMILES string of the molecule is COC(=O)C(CCC(=O)N1CCC2(CC2)C(O)C1)N1CCN(c2ccc(C(F)(F)F)c(Cl)c2)CCC1=O. The Kier molecular flexibility index (Phi) is 7.94. The standard InChI is InChI=1S/C25H31ClF3N3O5/c1-37-23(36)19(4-5-21(34)31-11-9-24(7-8-24)20(33)15-31)32-13-12-30(10-6-22(32)35)16-2-3-17(18(26)14-16)25(27,28)29/h2-3,14,19-20,33H,4-13,15H2,1H3. The Morgan fingerprint density at radius 1 is 1.19 bits per heavy atom. The van der Waals surface area contributed by atoms with Crippen LogP contribution in [0.25, 0.3) is 0 Å². The lowest BCUT2D eigenvalue weighted by molar-refractivity contribution is -0.153. The Balaban J connectivity index is 1.40. The van der Waals surface area contributed by atoms with Crippen molar-refractivity contribution in [3.63, 3.8) is 0 Å². The smallest absolute Gasteiger partial charge is 0.417 e. The van der Waals surface area contributed by atoms with Crippen LogP contribution in [0.1, 0.15) is 44.1 Å². The molecule has 1 aromatic carbocycles. The van der Waals surface area contributed by atoms with Gasteiger partial charge in [-0.3, -0.25) is 9.59 Å². The van der Waals surface area contributed by atoms with Gasteiger partial charge in [-0.1, -0.05) is 11.6 Å². The molecule has 2 saturated heterocycles. The molecule has 4 rings (SSSR count). The van der Waals surface area contributed by atoms with Gasteiger partial charge in [-0.2, -0.15) is 13.2 Å². The molecule has 8 nitrogen and oxygen atoms in total. The Morgan fingerprint density at radius 3 is 2.51 bits per heavy atom. The zero-order valence-electron chi connectivity index (χ0n) is 20.6. The van der Waals surface area contributed by atoms with Crippen molar-refractivity contribution in [2.75, 3.05) is 44.7 Å². The number of β-amino-alcohol motifs (C(OH)–C–C–N with tert-alkyl or cyclic N) is 1. The highest BCUT2D eigenvalue weighted by Crippen LogP contribution is 2.53. The number of rotatable bonds is 6. The summed E-state index contributed by atoms with van der Waals surface area (Å²) in [6, 6.07) is 2.47. The summed E-state index contributed by atoms with van der Waals surface area (Å²) in [5, 5.41) is 9.96. The van der Waals surface area contributed by atoms with Gasteiger partial charge in [-0.05, 0) is 49.3 Å². The number of carbonyl (C=O) groups is 3. The molecule has 0 aromatic heterocycles. The van der Waals surface area contributed by atoms with Crippen LogP contribution in [-0.4, -0.2) is 84.7 Å². The molecular formula is C25H31ClF3N3O5. The molecule has 204 valence electrons. The van der Waals surface area contributed by atoms with E-state index in [9.17, 15) is 32.7 Å². The molecule has 1 N–H and O–H groups in total. The summed E-state index contributed by atoms with van der Waals surface area (Å²) in [7, 11) is 1.21. The third-order valence-electron chi connectivity index (χ3n) is 7.86. The summed E-state index contributed by atoms with van der Waals surface area (Å²) < 4.78 is 44.1. The molecule has 1 saturated carbocycles. The first-order valence-corrected chi connectivity index (χ1v) is 12.8. The van der Waals surface area contributed by atoms with E-state index in [1.54, 1.807) is 9.80 Å². The molecule has 3 fully saturated rings. The highest BCUT2D eigenvalue weighted by atomic mass is 35.5. The number of hydrogen-bond donors (Lipinski definition) is 1. The van der Waals surface area contributed by atoms with Gasteiger partial charge >= 0.3 is 12.1 Å². The number of methoxy groups -OCH3 is 1. The number of esters is 1. The van der Waals surface area contributed by atoms with Crippen molar-refractivity contribution < 1.29 is 37.4 Å². The molecule has 0 bridgehead atoms. The molecule has 3 aliphatic rings. The van der Waals surface area contributed by atoms with E-state index >= 15 is 0 Å². The van der Waals surface area contributed by atoms with Gasteiger partial charge < -0.3 is 24.5 Å². The molecule has 2 amide bonds. The van der Waals surface area contributed by atoms with Crippen LogP contribution in [0, 0.1) is 5.41 Å². The van der Waals surface area contributed by atoms with E-state index in [2.05, 4.69) is 0 Å². The number of aliphatic hydroxyl groups is 1. The molecule has 1 spiro atoms. The van der Waals surface area contributed by atoms with E-state index in [1.165, 1.54) is 24.1 Å². The van der Waals surface area contributed by atoms with E-state index in [1.807, 2.05) is 0 Å². The number of carbonyl (C=O) groups excluding carboxylic acids is 3. The lowest BCUT2D eigenvalue weighted by Crippen LogP contribution is -2.49. The quantitative estimate of drug-likeness (QED) is 0.553. The third-order valence-corrected chi connectivity index (χ3v) is 8.17. The molecule has 12 heteroatoms. The average molecular weight is 546 g/mol. The number of halogens is 4. The van der Waals surface area contributed by atoms with Crippen LogP contribution in [0.4, 0.5) is 18.9 Å². The number of amides is 2. The summed E-state index contributed by atoms with van der Waals surface area (Å²) in [5.41, 5.74) is -0.531. The largest absolute Gasteiger partial charge is 0.467 e. The first-order valence-electron chi connectivity index (χ1n) is 12.4. The Hall–Kier alpha value is -2.53. The highest BCUT2D eigenvalue weighted by molar-refractivity contribution is 6.31. The summed E-state index contributed by atoms with van der Waals surface area (Å²) in [6.07, 6.45) is -2.28. The van der Waals surface area contributed by atoms with Crippen LogP contribution in [0.3, 0.4) is 0 Å². The number of ether oxygens (including phenoxy) is 1. The molecule has 2 aliphatic heterocycles. The minimum atomic E-state index is -4.57. The van der Waals surface area contributed by atoms with Gasteiger partial charge in [-0.15, -0.1) is 0 Å². The van der Waals surface area contributed by atoms with Crippen LogP contribution >= 0.6 is 11.6 Å². The van der Waals surface area contributed by atoms with Crippen LogP contribution in [0.5, 0.6) is 0 Å². The molecule has 0 radical (unpaired) electrons. The molecule has 1 aromatic rings. The topological polar surface area (TPSA) is 90.4 Å². The first kappa shape index (κ1) is 27.5. The number of hydrogen-bond acceptors (Lipinski definition) is 6. The van der Waals surface area contributed by atoms with Gasteiger partial charge in [0.2, 0.25) is 11.8 Å². The fraction of sp³-hybridized carbons (Fsp3) is 0.640. The normalized spacial score (nSPS) is 22.6. The number of anilines is 1. The fourth-order valence-electron chi connectivity index (χ4n) is 5.30. The number of nitrogens with zero attached hydrogens (tertiary/aromatic N) is 3. The van der Waals surface area contributed by atoms with Gasteiger partial charge in [0.1, 0.15) is 6.04 Å². The van der Waals surface area contributed by atoms with Crippen LogP contribution in [0.2, 0.25) is 5.02 Å². The summed E-state index contributed by atoms with van der Waals surface area (Å²) >= 11 is 5.87. The average Bonchev–Trinajstić information content (AvgIpc) is 3.65. The molecule has 2 atom stereocenters. The van der Waals surface area contributed by atoms with Gasteiger partial charge in [0.25, 0.3) is 0 Å². The van der Waals surface area contributed by atoms with Gasteiger partial charge in [-0.25, -0.2) is 4.79 Å². The number of likely N-dealkylation sites (tertiary alicyclic amines) is 1. The van der Waals surface area contributed by atoms with E-state index in [4.69, 9.17) is 16.3 Å². The Bertz CT molecular complexity index is 1050. The van der Waals surface area contributed by atoms with Crippen molar-refractivity contribution in [1.29, 1.82) is 0 Å². The monoisotopic (exact) mass is 545 g/mol. The lowest BCUT2D eigenvalue weighted by atomic mass is 9.90. The van der Waals surface area contributed by atoms with Gasteiger partial charge in [0.15, 0.2) is 0 Å². The Morgan fingerprint density at radius 2 is 1.92 bits per heavy atom. The maximum absolute atomic E-state index is 13.1. The van der Waals surface area contributed by atoms with Crippen molar-refractivity contribution in [3.8, 4) is 0 Å². The second-order valence-corrected chi connectivity index (χ2v) is 10.4. The van der Waals surface area contributed by atoms with E-state index in [0.29, 0.717) is 12.2 Å². The minimum absolute atomic E-state index is 0.0154. The van der Waals surface area contributed by atoms with Crippen molar-refractivity contribution in [3.05, 3.63) is 28.8 Å². The predicted molar refractivity (Wildman–Crippen MR) is 129 cm³/mol. The highest BCUT2D eigenvalue weighted by Gasteiger charge is 2.51. The molecule has 2 unspecified atom stereocenters. The summed E-state index contributed by atoms with van der Waals surface area (Å²) in [4.78, 5) is 43.2. The fourth-order valence-corrected chi connectivity index (χ4v) is 5.58. The molecular weight excluding hydrogens is 515 g/mol. The van der Waals surface area contributed by atoms with E-state index in [-0.39, 0.29) is 62.7 Å². The number of benzene rings is 1. The van der Waals surface area contributed by atoms with Crippen molar-refractivity contribution in [2.45, 2.75) is 56.8 Å². The van der Waals surface area contributed by atoms with Gasteiger partial charge in [0, 0.05) is 51.3 Å². The van der Waals surface area contributed by atoms with Crippen molar-refractivity contribution in [1.82, 2.24) is 9.80 Å². The summed E-state index contributed by atoms with van der Waals surface area (Å²) in [5.74, 6) is -1.14. The number of piperidine rings is 1. The van der Waals surface area contributed by atoms with Crippen LogP contribution < -0.4 is 4.90 Å². The second kappa shape index (κ2) is 10.7.